The van der Waals surface area contributed by atoms with Gasteiger partial charge in [0.15, 0.2) is 9.84 Å². The Labute approximate surface area is 154 Å². The average Bonchev–Trinajstić information content (AvgIpc) is 3.10. The molecule has 0 aliphatic carbocycles. The highest BCUT2D eigenvalue weighted by molar-refractivity contribution is 7.90. The van der Waals surface area contributed by atoms with Crippen molar-refractivity contribution in [2.24, 2.45) is 0 Å². The summed E-state index contributed by atoms with van der Waals surface area (Å²) >= 11 is 0. The van der Waals surface area contributed by atoms with Gasteiger partial charge < -0.3 is 9.80 Å². The maximum absolute atomic E-state index is 12.0. The van der Waals surface area contributed by atoms with E-state index in [0.29, 0.717) is 24.8 Å². The van der Waals surface area contributed by atoms with Crippen molar-refractivity contribution in [2.45, 2.75) is 24.3 Å². The highest BCUT2D eigenvalue weighted by Gasteiger charge is 2.34. The molecular formula is C17H26N4O4S. The number of rotatable bonds is 5. The lowest BCUT2D eigenvalue weighted by atomic mass is 10.2. The maximum Gasteiger partial charge on any atom is 0.311 e. The van der Waals surface area contributed by atoms with E-state index in [2.05, 4.69) is 16.7 Å². The number of nitro benzene ring substituents is 1. The molecule has 0 amide bonds. The first-order valence-electron chi connectivity index (χ1n) is 9.00. The van der Waals surface area contributed by atoms with E-state index < -0.39 is 14.8 Å². The topological polar surface area (TPSA) is 87.0 Å². The van der Waals surface area contributed by atoms with Crippen LogP contribution >= 0.6 is 0 Å². The van der Waals surface area contributed by atoms with Crippen LogP contribution in [0.25, 0.3) is 0 Å². The molecule has 1 atom stereocenters. The van der Waals surface area contributed by atoms with Crippen molar-refractivity contribution in [3.05, 3.63) is 28.3 Å². The first-order chi connectivity index (χ1) is 12.3. The quantitative estimate of drug-likeness (QED) is 0.559. The van der Waals surface area contributed by atoms with Crippen LogP contribution in [-0.4, -0.2) is 81.3 Å². The van der Waals surface area contributed by atoms with Crippen LogP contribution in [-0.2, 0) is 9.84 Å². The van der Waals surface area contributed by atoms with E-state index in [1.165, 1.54) is 6.07 Å². The zero-order valence-corrected chi connectivity index (χ0v) is 16.1. The largest absolute Gasteiger partial charge is 0.364 e. The van der Waals surface area contributed by atoms with Gasteiger partial charge in [0.2, 0.25) is 0 Å². The summed E-state index contributed by atoms with van der Waals surface area (Å²) < 4.78 is 23.9. The molecule has 144 valence electrons. The zero-order valence-electron chi connectivity index (χ0n) is 15.3. The Balaban J connectivity index is 1.80. The van der Waals surface area contributed by atoms with Crippen molar-refractivity contribution in [1.82, 2.24) is 9.80 Å². The molecule has 9 heteroatoms. The molecule has 0 saturated carbocycles. The van der Waals surface area contributed by atoms with Gasteiger partial charge in [-0.15, -0.1) is 0 Å². The Bertz CT molecular complexity index is 775. The molecule has 1 unspecified atom stereocenters. The predicted octanol–water partition coefficient (Wildman–Crippen LogP) is 1.21. The number of nitrogens with zero attached hydrogens (tertiary/aromatic N) is 4. The van der Waals surface area contributed by atoms with Crippen LogP contribution in [0.5, 0.6) is 0 Å². The second-order valence-electron chi connectivity index (χ2n) is 7.01. The lowest BCUT2D eigenvalue weighted by Crippen LogP contribution is -2.50. The Hall–Kier alpha value is -1.71. The fourth-order valence-electron chi connectivity index (χ4n) is 3.95. The number of sulfone groups is 1. The molecule has 2 heterocycles. The standard InChI is InChI=1S/C17H26N4O4S/c1-3-18-9-11-19(12-10-18)14-7-8-20(13-14)15-5-4-6-16(26(2,24)25)17(15)21(22)23/h4-6,14H,3,7-13H2,1-2H3. The molecule has 1 aromatic rings. The minimum atomic E-state index is -3.66. The summed E-state index contributed by atoms with van der Waals surface area (Å²) in [6, 6.07) is 4.92. The third-order valence-electron chi connectivity index (χ3n) is 5.43. The number of benzene rings is 1. The van der Waals surface area contributed by atoms with E-state index in [1.807, 2.05) is 4.90 Å². The normalized spacial score (nSPS) is 22.7. The van der Waals surface area contributed by atoms with Gasteiger partial charge in [0, 0.05) is 51.6 Å². The number of piperazine rings is 1. The molecule has 3 rings (SSSR count). The molecule has 2 saturated heterocycles. The van der Waals surface area contributed by atoms with E-state index in [-0.39, 0.29) is 10.6 Å². The van der Waals surface area contributed by atoms with Gasteiger partial charge in [0.25, 0.3) is 0 Å². The van der Waals surface area contributed by atoms with Crippen LogP contribution in [0.15, 0.2) is 23.1 Å². The van der Waals surface area contributed by atoms with E-state index in [9.17, 15) is 18.5 Å². The van der Waals surface area contributed by atoms with Gasteiger partial charge in [-0.05, 0) is 25.1 Å². The molecule has 0 N–H and O–H groups in total. The van der Waals surface area contributed by atoms with E-state index in [4.69, 9.17) is 0 Å². The van der Waals surface area contributed by atoms with Crippen molar-refractivity contribution >= 4 is 21.2 Å². The molecular weight excluding hydrogens is 356 g/mol. The maximum atomic E-state index is 12.0. The van der Waals surface area contributed by atoms with Crippen molar-refractivity contribution < 1.29 is 13.3 Å². The Morgan fingerprint density at radius 3 is 2.46 bits per heavy atom. The second kappa shape index (κ2) is 7.50. The summed E-state index contributed by atoms with van der Waals surface area (Å²) in [4.78, 5) is 17.7. The summed E-state index contributed by atoms with van der Waals surface area (Å²) in [7, 11) is -3.66. The van der Waals surface area contributed by atoms with Crippen LogP contribution in [0.3, 0.4) is 0 Å². The lowest BCUT2D eigenvalue weighted by molar-refractivity contribution is -0.387. The first-order valence-corrected chi connectivity index (χ1v) is 10.9. The summed E-state index contributed by atoms with van der Waals surface area (Å²) in [5.74, 6) is 0. The van der Waals surface area contributed by atoms with E-state index in [0.717, 1.165) is 45.4 Å². The summed E-state index contributed by atoms with van der Waals surface area (Å²) in [5, 5.41) is 11.6. The Morgan fingerprint density at radius 2 is 1.88 bits per heavy atom. The van der Waals surface area contributed by atoms with E-state index >= 15 is 0 Å². The van der Waals surface area contributed by atoms with Crippen LogP contribution in [0.1, 0.15) is 13.3 Å². The number of nitro groups is 1. The van der Waals surface area contributed by atoms with Crippen molar-refractivity contribution in [1.29, 1.82) is 0 Å². The summed E-state index contributed by atoms with van der Waals surface area (Å²) in [5.41, 5.74) is 0.110. The Kier molecular flexibility index (Phi) is 5.50. The number of hydrogen-bond donors (Lipinski definition) is 0. The van der Waals surface area contributed by atoms with Gasteiger partial charge in [-0.2, -0.15) is 0 Å². The summed E-state index contributed by atoms with van der Waals surface area (Å²) in [6.07, 6.45) is 1.95. The fraction of sp³-hybridized carbons (Fsp3) is 0.647. The third kappa shape index (κ3) is 3.84. The van der Waals surface area contributed by atoms with Gasteiger partial charge in [-0.25, -0.2) is 8.42 Å². The lowest BCUT2D eigenvalue weighted by Gasteiger charge is -2.37. The van der Waals surface area contributed by atoms with Crippen molar-refractivity contribution in [2.75, 3.05) is 57.0 Å². The second-order valence-corrected chi connectivity index (χ2v) is 9.00. The zero-order chi connectivity index (χ0) is 18.9. The molecule has 1 aromatic carbocycles. The van der Waals surface area contributed by atoms with Crippen LogP contribution in [0.4, 0.5) is 11.4 Å². The van der Waals surface area contributed by atoms with Crippen molar-refractivity contribution in [3.63, 3.8) is 0 Å². The van der Waals surface area contributed by atoms with Crippen molar-refractivity contribution in [3.8, 4) is 0 Å². The minimum absolute atomic E-state index is 0.208. The Morgan fingerprint density at radius 1 is 1.19 bits per heavy atom. The fourth-order valence-corrected chi connectivity index (χ4v) is 4.81. The molecule has 0 radical (unpaired) electrons. The average molecular weight is 382 g/mol. The molecule has 0 aromatic heterocycles. The van der Waals surface area contributed by atoms with Gasteiger partial charge in [-0.3, -0.25) is 15.0 Å². The molecule has 0 spiro atoms. The molecule has 0 bridgehead atoms. The smallest absolute Gasteiger partial charge is 0.311 e. The molecule has 2 aliphatic rings. The molecule has 26 heavy (non-hydrogen) atoms. The van der Waals surface area contributed by atoms with E-state index in [1.54, 1.807) is 12.1 Å². The van der Waals surface area contributed by atoms with Crippen LogP contribution in [0.2, 0.25) is 0 Å². The van der Waals surface area contributed by atoms with Crippen LogP contribution in [0, 0.1) is 10.1 Å². The van der Waals surface area contributed by atoms with Gasteiger partial charge in [0.1, 0.15) is 10.6 Å². The first kappa shape index (κ1) is 19.1. The third-order valence-corrected chi connectivity index (χ3v) is 6.56. The van der Waals surface area contributed by atoms with Crippen LogP contribution < -0.4 is 4.90 Å². The number of hydrogen-bond acceptors (Lipinski definition) is 7. The number of likely N-dealkylation sites (N-methyl/N-ethyl adjacent to an activating group) is 1. The van der Waals surface area contributed by atoms with Gasteiger partial charge in [-0.1, -0.05) is 13.0 Å². The van der Waals surface area contributed by atoms with Gasteiger partial charge >= 0.3 is 5.69 Å². The molecule has 2 aliphatic heterocycles. The summed E-state index contributed by atoms with van der Waals surface area (Å²) in [6.45, 7) is 8.76. The molecule has 8 nitrogen and oxygen atoms in total. The number of anilines is 1. The SMILES string of the molecule is CCN1CCN(C2CCN(c3cccc(S(C)(=O)=O)c3[N+](=O)[O-])C2)CC1. The monoisotopic (exact) mass is 382 g/mol. The highest BCUT2D eigenvalue weighted by atomic mass is 32.2. The minimum Gasteiger partial charge on any atom is -0.364 e. The predicted molar refractivity (Wildman–Crippen MR) is 101 cm³/mol. The van der Waals surface area contributed by atoms with Gasteiger partial charge in [0.05, 0.1) is 4.92 Å². The number of para-hydroxylation sites is 1. The highest BCUT2D eigenvalue weighted by Crippen LogP contribution is 2.36. The molecule has 2 fully saturated rings.